The van der Waals surface area contributed by atoms with E-state index in [0.717, 1.165) is 16.9 Å². The van der Waals surface area contributed by atoms with Crippen molar-refractivity contribution in [2.24, 2.45) is 5.10 Å². The van der Waals surface area contributed by atoms with Crippen LogP contribution in [-0.2, 0) is 0 Å². The molecule has 1 N–H and O–H groups in total. The molecule has 0 aliphatic rings. The quantitative estimate of drug-likeness (QED) is 0.455. The van der Waals surface area contributed by atoms with Crippen molar-refractivity contribution < 1.29 is 19.0 Å². The molecule has 3 aromatic rings. The topological polar surface area (TPSA) is 94.9 Å². The number of amides is 1. The lowest BCUT2D eigenvalue weighted by molar-refractivity contribution is 0.0950. The summed E-state index contributed by atoms with van der Waals surface area (Å²) in [6.45, 7) is 2.52. The van der Waals surface area contributed by atoms with E-state index in [0.29, 0.717) is 23.8 Å². The molecule has 0 saturated heterocycles. The van der Waals surface area contributed by atoms with Gasteiger partial charge < -0.3 is 14.2 Å². The van der Waals surface area contributed by atoms with Gasteiger partial charge in [0.2, 0.25) is 0 Å². The fraction of sp³-hybridized carbons (Fsp3) is 0.182. The highest BCUT2D eigenvalue weighted by Gasteiger charge is 2.10. The molecule has 8 heteroatoms. The first kappa shape index (κ1) is 20.8. The van der Waals surface area contributed by atoms with Gasteiger partial charge in [0.05, 0.1) is 45.1 Å². The van der Waals surface area contributed by atoms with Gasteiger partial charge in [-0.05, 0) is 55.0 Å². The molecule has 0 unspecified atom stereocenters. The number of methoxy groups -OCH3 is 2. The number of benzene rings is 2. The van der Waals surface area contributed by atoms with Crippen molar-refractivity contribution in [3.63, 3.8) is 0 Å². The minimum Gasteiger partial charge on any atom is -0.494 e. The monoisotopic (exact) mass is 406 g/mol. The number of aromatic nitrogens is 2. The molecule has 0 spiro atoms. The van der Waals surface area contributed by atoms with Gasteiger partial charge in [-0.1, -0.05) is 0 Å². The summed E-state index contributed by atoms with van der Waals surface area (Å²) < 4.78 is 15.9. The van der Waals surface area contributed by atoms with Crippen LogP contribution in [0.2, 0.25) is 0 Å². The number of hydrogen-bond acceptors (Lipinski definition) is 7. The summed E-state index contributed by atoms with van der Waals surface area (Å²) in [5.41, 5.74) is 4.76. The highest BCUT2D eigenvalue weighted by Crippen LogP contribution is 2.26. The van der Waals surface area contributed by atoms with Crippen LogP contribution in [-0.4, -0.2) is 42.9 Å². The summed E-state index contributed by atoms with van der Waals surface area (Å²) in [5, 5.41) is 3.98. The van der Waals surface area contributed by atoms with Gasteiger partial charge in [0.25, 0.3) is 5.91 Å². The standard InChI is InChI=1S/C22H22N4O4/c1-4-30-17-8-6-16(7-9-17)18-13-23-14-19(25-18)22(27)26-24-12-15-5-10-20(28-2)21(11-15)29-3/h5-14H,4H2,1-3H3,(H,26,27). The molecule has 0 aliphatic carbocycles. The average molecular weight is 406 g/mol. The first-order chi connectivity index (χ1) is 14.6. The van der Waals surface area contributed by atoms with E-state index in [-0.39, 0.29) is 5.69 Å². The molecule has 1 amide bonds. The van der Waals surface area contributed by atoms with E-state index in [1.54, 1.807) is 38.6 Å². The molecule has 154 valence electrons. The zero-order valence-electron chi connectivity index (χ0n) is 17.0. The molecular weight excluding hydrogens is 384 g/mol. The molecule has 0 saturated carbocycles. The molecule has 1 heterocycles. The van der Waals surface area contributed by atoms with Crippen molar-refractivity contribution in [2.45, 2.75) is 6.92 Å². The van der Waals surface area contributed by atoms with Crippen LogP contribution in [0, 0.1) is 0 Å². The number of carbonyl (C=O) groups excluding carboxylic acids is 1. The van der Waals surface area contributed by atoms with Crippen LogP contribution in [0.25, 0.3) is 11.3 Å². The number of rotatable bonds is 8. The second-order valence-corrected chi connectivity index (χ2v) is 6.06. The van der Waals surface area contributed by atoms with Gasteiger partial charge in [-0.3, -0.25) is 9.78 Å². The molecule has 0 aliphatic heterocycles. The number of ether oxygens (including phenoxy) is 3. The van der Waals surface area contributed by atoms with Crippen LogP contribution in [0.4, 0.5) is 0 Å². The highest BCUT2D eigenvalue weighted by atomic mass is 16.5. The van der Waals surface area contributed by atoms with Crippen LogP contribution in [0.3, 0.4) is 0 Å². The first-order valence-corrected chi connectivity index (χ1v) is 9.25. The van der Waals surface area contributed by atoms with Gasteiger partial charge >= 0.3 is 0 Å². The predicted octanol–water partition coefficient (Wildman–Crippen LogP) is 3.32. The molecule has 1 aromatic heterocycles. The lowest BCUT2D eigenvalue weighted by Gasteiger charge is -2.07. The zero-order chi connectivity index (χ0) is 21.3. The fourth-order valence-corrected chi connectivity index (χ4v) is 2.66. The number of nitrogens with zero attached hydrogens (tertiary/aromatic N) is 3. The Kier molecular flexibility index (Phi) is 6.94. The van der Waals surface area contributed by atoms with Gasteiger partial charge in [-0.2, -0.15) is 5.10 Å². The van der Waals surface area contributed by atoms with E-state index < -0.39 is 5.91 Å². The Morgan fingerprint density at radius 2 is 1.83 bits per heavy atom. The van der Waals surface area contributed by atoms with Crippen molar-refractivity contribution in [2.75, 3.05) is 20.8 Å². The molecule has 0 atom stereocenters. The molecule has 0 fully saturated rings. The normalized spacial score (nSPS) is 10.6. The first-order valence-electron chi connectivity index (χ1n) is 9.25. The van der Waals surface area contributed by atoms with Crippen molar-refractivity contribution >= 4 is 12.1 Å². The summed E-state index contributed by atoms with van der Waals surface area (Å²) in [4.78, 5) is 20.9. The number of hydrogen-bond donors (Lipinski definition) is 1. The van der Waals surface area contributed by atoms with E-state index in [1.807, 2.05) is 31.2 Å². The lowest BCUT2D eigenvalue weighted by atomic mass is 10.1. The molecule has 30 heavy (non-hydrogen) atoms. The minimum absolute atomic E-state index is 0.158. The highest BCUT2D eigenvalue weighted by molar-refractivity contribution is 5.93. The lowest BCUT2D eigenvalue weighted by Crippen LogP contribution is -2.19. The second kappa shape index (κ2) is 10.0. The zero-order valence-corrected chi connectivity index (χ0v) is 17.0. The van der Waals surface area contributed by atoms with Crippen LogP contribution in [0.15, 0.2) is 60.0 Å². The van der Waals surface area contributed by atoms with E-state index in [4.69, 9.17) is 14.2 Å². The van der Waals surface area contributed by atoms with Crippen LogP contribution >= 0.6 is 0 Å². The SMILES string of the molecule is CCOc1ccc(-c2cncc(C(=O)NN=Cc3ccc(OC)c(OC)c3)n2)cc1. The summed E-state index contributed by atoms with van der Waals surface area (Å²) in [5.74, 6) is 1.49. The van der Waals surface area contributed by atoms with Gasteiger partial charge in [0.1, 0.15) is 11.4 Å². The molecule has 3 rings (SSSR count). The van der Waals surface area contributed by atoms with Crippen molar-refractivity contribution in [3.05, 3.63) is 66.1 Å². The van der Waals surface area contributed by atoms with Crippen LogP contribution in [0.1, 0.15) is 23.0 Å². The maximum absolute atomic E-state index is 12.4. The van der Waals surface area contributed by atoms with Crippen LogP contribution in [0.5, 0.6) is 17.2 Å². The van der Waals surface area contributed by atoms with E-state index >= 15 is 0 Å². The number of carbonyl (C=O) groups is 1. The molecular formula is C22H22N4O4. The largest absolute Gasteiger partial charge is 0.494 e. The Hall–Kier alpha value is -3.94. The third-order valence-electron chi connectivity index (χ3n) is 4.12. The van der Waals surface area contributed by atoms with Gasteiger partial charge in [0.15, 0.2) is 11.5 Å². The molecule has 0 radical (unpaired) electrons. The Labute approximate surface area is 174 Å². The van der Waals surface area contributed by atoms with E-state index in [2.05, 4.69) is 20.5 Å². The van der Waals surface area contributed by atoms with Gasteiger partial charge in [-0.15, -0.1) is 0 Å². The van der Waals surface area contributed by atoms with E-state index in [1.165, 1.54) is 12.4 Å². The number of hydrazone groups is 1. The van der Waals surface area contributed by atoms with E-state index in [9.17, 15) is 4.79 Å². The minimum atomic E-state index is -0.466. The molecule has 8 nitrogen and oxygen atoms in total. The maximum Gasteiger partial charge on any atom is 0.291 e. The Bertz CT molecular complexity index is 1040. The summed E-state index contributed by atoms with van der Waals surface area (Å²) in [6.07, 6.45) is 4.49. The van der Waals surface area contributed by atoms with Crippen LogP contribution < -0.4 is 19.6 Å². The fourth-order valence-electron chi connectivity index (χ4n) is 2.66. The second-order valence-electron chi connectivity index (χ2n) is 6.06. The molecule has 2 aromatic carbocycles. The summed E-state index contributed by atoms with van der Waals surface area (Å²) in [6, 6.07) is 12.7. The van der Waals surface area contributed by atoms with Crippen molar-refractivity contribution in [1.82, 2.24) is 15.4 Å². The Balaban J connectivity index is 1.69. The molecule has 0 bridgehead atoms. The van der Waals surface area contributed by atoms with Gasteiger partial charge in [-0.25, -0.2) is 10.4 Å². The van der Waals surface area contributed by atoms with Crippen molar-refractivity contribution in [3.8, 4) is 28.5 Å². The smallest absolute Gasteiger partial charge is 0.291 e. The maximum atomic E-state index is 12.4. The third-order valence-corrected chi connectivity index (χ3v) is 4.12. The van der Waals surface area contributed by atoms with Crippen molar-refractivity contribution in [1.29, 1.82) is 0 Å². The summed E-state index contributed by atoms with van der Waals surface area (Å²) >= 11 is 0. The average Bonchev–Trinajstić information content (AvgIpc) is 2.79. The number of nitrogens with one attached hydrogen (secondary N) is 1. The Morgan fingerprint density at radius 3 is 2.53 bits per heavy atom. The third kappa shape index (κ3) is 5.11. The summed E-state index contributed by atoms with van der Waals surface area (Å²) in [7, 11) is 3.12. The predicted molar refractivity (Wildman–Crippen MR) is 113 cm³/mol. The Morgan fingerprint density at radius 1 is 1.07 bits per heavy atom. The van der Waals surface area contributed by atoms with Gasteiger partial charge in [0, 0.05) is 5.56 Å².